The van der Waals surface area contributed by atoms with E-state index in [0.29, 0.717) is 18.5 Å². The normalized spacial score (nSPS) is 10.8. The van der Waals surface area contributed by atoms with Crippen molar-refractivity contribution in [2.75, 3.05) is 6.54 Å². The number of benzene rings is 2. The van der Waals surface area contributed by atoms with Gasteiger partial charge in [0.05, 0.1) is 23.0 Å². The van der Waals surface area contributed by atoms with Crippen LogP contribution < -0.4 is 5.32 Å². The largest absolute Gasteiger partial charge is 0.478 e. The third kappa shape index (κ3) is 3.91. The first-order chi connectivity index (χ1) is 12.6. The van der Waals surface area contributed by atoms with E-state index in [9.17, 15) is 9.59 Å². The Morgan fingerprint density at radius 2 is 1.96 bits per heavy atom. The van der Waals surface area contributed by atoms with Crippen molar-refractivity contribution in [2.24, 2.45) is 0 Å². The number of amides is 1. The van der Waals surface area contributed by atoms with Crippen LogP contribution in [-0.2, 0) is 24.2 Å². The molecule has 0 atom stereocenters. The Labute approximate surface area is 151 Å². The van der Waals surface area contributed by atoms with Crippen molar-refractivity contribution in [1.82, 2.24) is 14.9 Å². The molecule has 134 valence electrons. The van der Waals surface area contributed by atoms with E-state index in [4.69, 9.17) is 5.11 Å². The van der Waals surface area contributed by atoms with Gasteiger partial charge in [-0.3, -0.25) is 4.79 Å². The lowest BCUT2D eigenvalue weighted by Crippen LogP contribution is -2.28. The van der Waals surface area contributed by atoms with Gasteiger partial charge < -0.3 is 15.0 Å². The second kappa shape index (κ2) is 7.82. The van der Waals surface area contributed by atoms with E-state index in [1.54, 1.807) is 12.1 Å². The van der Waals surface area contributed by atoms with E-state index < -0.39 is 5.97 Å². The maximum atomic E-state index is 12.1. The number of imidazole rings is 1. The van der Waals surface area contributed by atoms with Gasteiger partial charge in [0.25, 0.3) is 0 Å². The molecule has 1 heterocycles. The van der Waals surface area contributed by atoms with E-state index >= 15 is 0 Å². The van der Waals surface area contributed by atoms with Crippen LogP contribution in [0.1, 0.15) is 28.7 Å². The number of nitrogens with zero attached hydrogens (tertiary/aromatic N) is 2. The molecule has 0 aliphatic carbocycles. The molecule has 0 aliphatic heterocycles. The number of fused-ring (bicyclic) bond motifs is 1. The topological polar surface area (TPSA) is 84.2 Å². The molecule has 1 amide bonds. The number of hydrogen-bond acceptors (Lipinski definition) is 3. The molecule has 0 bridgehead atoms. The smallest absolute Gasteiger partial charge is 0.335 e. The van der Waals surface area contributed by atoms with Gasteiger partial charge in [0.2, 0.25) is 5.91 Å². The van der Waals surface area contributed by atoms with Gasteiger partial charge in [-0.25, -0.2) is 9.78 Å². The molecule has 2 N–H and O–H groups in total. The predicted molar refractivity (Wildman–Crippen MR) is 99.2 cm³/mol. The predicted octanol–water partition coefficient (Wildman–Crippen LogP) is 2.66. The Morgan fingerprint density at radius 1 is 1.15 bits per heavy atom. The Balaban J connectivity index is 1.59. The number of para-hydroxylation sites is 2. The van der Waals surface area contributed by atoms with E-state index in [1.807, 2.05) is 24.3 Å². The van der Waals surface area contributed by atoms with Gasteiger partial charge in [-0.05, 0) is 36.8 Å². The van der Waals surface area contributed by atoms with Gasteiger partial charge in [-0.15, -0.1) is 0 Å². The molecule has 0 unspecified atom stereocenters. The Morgan fingerprint density at radius 3 is 2.73 bits per heavy atom. The number of carbonyl (C=O) groups excluding carboxylic acids is 1. The van der Waals surface area contributed by atoms with Gasteiger partial charge in [-0.2, -0.15) is 0 Å². The summed E-state index contributed by atoms with van der Waals surface area (Å²) in [5.41, 5.74) is 2.93. The molecule has 0 fully saturated rings. The number of carboxylic acid groups (broad SMARTS) is 1. The highest BCUT2D eigenvalue weighted by atomic mass is 16.4. The van der Waals surface area contributed by atoms with Crippen LogP contribution in [0.3, 0.4) is 0 Å². The van der Waals surface area contributed by atoms with Gasteiger partial charge in [0, 0.05) is 19.5 Å². The van der Waals surface area contributed by atoms with Gasteiger partial charge >= 0.3 is 5.97 Å². The lowest BCUT2D eigenvalue weighted by Gasteiger charge is -2.08. The van der Waals surface area contributed by atoms with Gasteiger partial charge in [-0.1, -0.05) is 24.3 Å². The van der Waals surface area contributed by atoms with Crippen molar-refractivity contribution < 1.29 is 14.7 Å². The van der Waals surface area contributed by atoms with Crippen molar-refractivity contribution >= 4 is 22.9 Å². The third-order valence-corrected chi connectivity index (χ3v) is 4.26. The minimum atomic E-state index is -0.995. The summed E-state index contributed by atoms with van der Waals surface area (Å²) in [5.74, 6) is -0.181. The van der Waals surface area contributed by atoms with Crippen LogP contribution >= 0.6 is 0 Å². The van der Waals surface area contributed by atoms with Crippen molar-refractivity contribution in [3.63, 3.8) is 0 Å². The summed E-state index contributed by atoms with van der Waals surface area (Å²) in [5, 5.41) is 11.9. The number of aromatic nitrogens is 2. The molecule has 0 saturated heterocycles. The standard InChI is InChI=1S/C20H21N3O3/c1-2-23-17-9-4-3-8-16(17)22-18(23)10-11-21-19(24)13-14-6-5-7-15(12-14)20(25)26/h3-9,12H,2,10-11,13H2,1H3,(H,21,24)(H,25,26). The van der Waals surface area contributed by atoms with Crippen molar-refractivity contribution in [3.8, 4) is 0 Å². The van der Waals surface area contributed by atoms with Crippen molar-refractivity contribution in [2.45, 2.75) is 26.3 Å². The molecule has 0 spiro atoms. The summed E-state index contributed by atoms with van der Waals surface area (Å²) in [6, 6.07) is 14.4. The molecule has 3 aromatic rings. The fourth-order valence-electron chi connectivity index (χ4n) is 3.05. The Kier molecular flexibility index (Phi) is 5.31. The number of aromatic carboxylic acids is 1. The number of rotatable bonds is 7. The Bertz CT molecular complexity index is 946. The first-order valence-electron chi connectivity index (χ1n) is 8.61. The second-order valence-corrected chi connectivity index (χ2v) is 6.04. The number of hydrogen-bond donors (Lipinski definition) is 2. The quantitative estimate of drug-likeness (QED) is 0.685. The highest BCUT2D eigenvalue weighted by Crippen LogP contribution is 2.16. The van der Waals surface area contributed by atoms with Crippen molar-refractivity contribution in [1.29, 1.82) is 0 Å². The van der Waals surface area contributed by atoms with Crippen LogP contribution in [0.5, 0.6) is 0 Å². The molecule has 0 saturated carbocycles. The van der Waals surface area contributed by atoms with Crippen LogP contribution in [0.15, 0.2) is 48.5 Å². The highest BCUT2D eigenvalue weighted by molar-refractivity contribution is 5.88. The zero-order chi connectivity index (χ0) is 18.5. The maximum Gasteiger partial charge on any atom is 0.335 e. The van der Waals surface area contributed by atoms with Crippen molar-refractivity contribution in [3.05, 3.63) is 65.5 Å². The maximum absolute atomic E-state index is 12.1. The third-order valence-electron chi connectivity index (χ3n) is 4.26. The average molecular weight is 351 g/mol. The summed E-state index contributed by atoms with van der Waals surface area (Å²) >= 11 is 0. The Hall–Kier alpha value is -3.15. The van der Waals surface area contributed by atoms with Crippen LogP contribution in [0.2, 0.25) is 0 Å². The van der Waals surface area contributed by atoms with E-state index in [1.165, 1.54) is 12.1 Å². The average Bonchev–Trinajstić information content (AvgIpc) is 2.99. The number of carbonyl (C=O) groups is 2. The molecule has 26 heavy (non-hydrogen) atoms. The summed E-state index contributed by atoms with van der Waals surface area (Å²) in [6.45, 7) is 3.39. The molecule has 0 aliphatic rings. The minimum absolute atomic E-state index is 0.133. The van der Waals surface area contributed by atoms with Crippen LogP contribution in [0.25, 0.3) is 11.0 Å². The first-order valence-corrected chi connectivity index (χ1v) is 8.61. The number of aryl methyl sites for hydroxylation is 1. The summed E-state index contributed by atoms with van der Waals surface area (Å²) < 4.78 is 2.15. The molecule has 3 rings (SSSR count). The minimum Gasteiger partial charge on any atom is -0.478 e. The van der Waals surface area contributed by atoms with Crippen LogP contribution in [0, 0.1) is 0 Å². The number of carboxylic acids is 1. The van der Waals surface area contributed by atoms with Crippen LogP contribution in [-0.4, -0.2) is 33.1 Å². The van der Waals surface area contributed by atoms with E-state index in [2.05, 4.69) is 21.8 Å². The van der Waals surface area contributed by atoms with Gasteiger partial charge in [0.15, 0.2) is 0 Å². The molecule has 0 radical (unpaired) electrons. The fraction of sp³-hybridized carbons (Fsp3) is 0.250. The monoisotopic (exact) mass is 351 g/mol. The summed E-state index contributed by atoms with van der Waals surface area (Å²) in [4.78, 5) is 27.8. The molecule has 6 heteroatoms. The molecule has 1 aromatic heterocycles. The molecule has 6 nitrogen and oxygen atoms in total. The number of nitrogens with one attached hydrogen (secondary N) is 1. The second-order valence-electron chi connectivity index (χ2n) is 6.04. The molecule has 2 aromatic carbocycles. The molecular formula is C20H21N3O3. The molecular weight excluding hydrogens is 330 g/mol. The fourth-order valence-corrected chi connectivity index (χ4v) is 3.05. The summed E-state index contributed by atoms with van der Waals surface area (Å²) in [7, 11) is 0. The highest BCUT2D eigenvalue weighted by Gasteiger charge is 2.10. The van der Waals surface area contributed by atoms with E-state index in [-0.39, 0.29) is 17.9 Å². The zero-order valence-corrected chi connectivity index (χ0v) is 14.6. The lowest BCUT2D eigenvalue weighted by atomic mass is 10.1. The SMILES string of the molecule is CCn1c(CCNC(=O)Cc2cccc(C(=O)O)c2)nc2ccccc21. The van der Waals surface area contributed by atoms with E-state index in [0.717, 1.165) is 23.4 Å². The lowest BCUT2D eigenvalue weighted by molar-refractivity contribution is -0.120. The summed E-state index contributed by atoms with van der Waals surface area (Å²) in [6.07, 6.45) is 0.800. The van der Waals surface area contributed by atoms with Gasteiger partial charge in [0.1, 0.15) is 5.82 Å². The first kappa shape index (κ1) is 17.7. The zero-order valence-electron chi connectivity index (χ0n) is 14.6. The van der Waals surface area contributed by atoms with Crippen LogP contribution in [0.4, 0.5) is 0 Å².